The monoisotopic (exact) mass is 333 g/mol. The minimum absolute atomic E-state index is 0.232. The van der Waals surface area contributed by atoms with E-state index in [0.717, 1.165) is 34.4 Å². The number of carbonyl (C=O) groups excluding carboxylic acids is 1. The van der Waals surface area contributed by atoms with E-state index in [4.69, 9.17) is 0 Å². The molecule has 124 valence electrons. The predicted molar refractivity (Wildman–Crippen MR) is 94.4 cm³/mol. The lowest BCUT2D eigenvalue weighted by Gasteiger charge is -2.25. The van der Waals surface area contributed by atoms with Crippen LogP contribution in [0.4, 0.5) is 4.39 Å². The Hall–Kier alpha value is -3.21. The van der Waals surface area contributed by atoms with Crippen molar-refractivity contribution in [1.29, 1.82) is 0 Å². The standard InChI is InChI=1S/C20H16FN3O/c1-13-9-14(5-7-18(13)21)20-17(3-2-8-22-20)15-4-6-16-10-23-19(12-25)24(16)11-15/h2-12,19,23H,1H3. The number of hydrogen-bond acceptors (Lipinski definition) is 4. The Balaban J connectivity index is 1.79. The third kappa shape index (κ3) is 2.63. The molecule has 0 amide bonds. The third-order valence-electron chi connectivity index (χ3n) is 4.39. The number of hydrogen-bond donors (Lipinski definition) is 1. The van der Waals surface area contributed by atoms with Crippen molar-refractivity contribution in [3.8, 4) is 11.3 Å². The molecule has 0 spiro atoms. The van der Waals surface area contributed by atoms with Gasteiger partial charge in [0.15, 0.2) is 12.5 Å². The second-order valence-electron chi connectivity index (χ2n) is 6.01. The maximum atomic E-state index is 13.6. The quantitative estimate of drug-likeness (QED) is 0.875. The van der Waals surface area contributed by atoms with Crippen molar-refractivity contribution in [2.75, 3.05) is 0 Å². The predicted octanol–water partition coefficient (Wildman–Crippen LogP) is 3.38. The molecule has 0 saturated heterocycles. The molecule has 0 saturated carbocycles. The molecule has 0 bridgehead atoms. The highest BCUT2D eigenvalue weighted by Gasteiger charge is 2.25. The average Bonchev–Trinajstić information content (AvgIpc) is 3.06. The molecule has 2 aliphatic heterocycles. The number of nitrogens with one attached hydrogen (secondary N) is 1. The molecule has 1 N–H and O–H groups in total. The van der Waals surface area contributed by atoms with Gasteiger partial charge in [-0.2, -0.15) is 0 Å². The zero-order valence-electron chi connectivity index (χ0n) is 13.6. The Morgan fingerprint density at radius 2 is 2.16 bits per heavy atom. The zero-order chi connectivity index (χ0) is 17.4. The number of pyridine rings is 1. The summed E-state index contributed by atoms with van der Waals surface area (Å²) in [6.07, 6.45) is 9.89. The van der Waals surface area contributed by atoms with Crippen molar-refractivity contribution in [3.05, 3.63) is 83.7 Å². The molecule has 1 aromatic heterocycles. The Bertz CT molecular complexity index is 946. The zero-order valence-corrected chi connectivity index (χ0v) is 13.6. The summed E-state index contributed by atoms with van der Waals surface area (Å²) in [5, 5.41) is 3.02. The number of fused-ring (bicyclic) bond motifs is 1. The fourth-order valence-corrected chi connectivity index (χ4v) is 3.07. The molecule has 3 heterocycles. The first kappa shape index (κ1) is 15.3. The summed E-state index contributed by atoms with van der Waals surface area (Å²) in [4.78, 5) is 17.6. The number of halogens is 1. The van der Waals surface area contributed by atoms with Gasteiger partial charge in [-0.15, -0.1) is 0 Å². The van der Waals surface area contributed by atoms with E-state index in [1.54, 1.807) is 25.3 Å². The second-order valence-corrected chi connectivity index (χ2v) is 6.01. The van der Waals surface area contributed by atoms with Gasteiger partial charge in [0.05, 0.1) is 11.4 Å². The minimum atomic E-state index is -0.400. The molecular weight excluding hydrogens is 317 g/mol. The van der Waals surface area contributed by atoms with Crippen LogP contribution in [0.3, 0.4) is 0 Å². The molecule has 0 aliphatic carbocycles. The fraction of sp³-hybridized carbons (Fsp3) is 0.100. The van der Waals surface area contributed by atoms with Crippen molar-refractivity contribution >= 4 is 11.9 Å². The molecule has 1 unspecified atom stereocenters. The molecule has 2 aromatic rings. The third-order valence-corrected chi connectivity index (χ3v) is 4.39. The lowest BCUT2D eigenvalue weighted by molar-refractivity contribution is -0.111. The molecule has 1 atom stereocenters. The van der Waals surface area contributed by atoms with Crippen molar-refractivity contribution in [1.82, 2.24) is 15.2 Å². The fourth-order valence-electron chi connectivity index (χ4n) is 3.07. The maximum Gasteiger partial charge on any atom is 0.163 e. The molecule has 25 heavy (non-hydrogen) atoms. The topological polar surface area (TPSA) is 45.2 Å². The van der Waals surface area contributed by atoms with Crippen molar-refractivity contribution in [2.45, 2.75) is 13.1 Å². The number of benzene rings is 1. The molecular formula is C20H16FN3O. The van der Waals surface area contributed by atoms with Crippen LogP contribution in [0.1, 0.15) is 11.1 Å². The van der Waals surface area contributed by atoms with Crippen LogP contribution in [0, 0.1) is 12.7 Å². The number of nitrogens with zero attached hydrogens (tertiary/aromatic N) is 2. The maximum absolute atomic E-state index is 13.6. The van der Waals surface area contributed by atoms with E-state index in [1.807, 2.05) is 41.6 Å². The summed E-state index contributed by atoms with van der Waals surface area (Å²) in [6.45, 7) is 1.74. The normalized spacial score (nSPS) is 18.3. The number of aldehydes is 1. The van der Waals surface area contributed by atoms with E-state index in [2.05, 4.69) is 10.3 Å². The van der Waals surface area contributed by atoms with Crippen molar-refractivity contribution in [3.63, 3.8) is 0 Å². The summed E-state index contributed by atoms with van der Waals surface area (Å²) < 4.78 is 13.6. The largest absolute Gasteiger partial charge is 0.363 e. The van der Waals surface area contributed by atoms with Gasteiger partial charge in [-0.05, 0) is 42.8 Å². The van der Waals surface area contributed by atoms with Crippen LogP contribution in [0.5, 0.6) is 0 Å². The van der Waals surface area contributed by atoms with Gasteiger partial charge in [-0.1, -0.05) is 12.1 Å². The van der Waals surface area contributed by atoms with E-state index >= 15 is 0 Å². The van der Waals surface area contributed by atoms with E-state index in [1.165, 1.54) is 6.07 Å². The lowest BCUT2D eigenvalue weighted by Crippen LogP contribution is -2.35. The van der Waals surface area contributed by atoms with Gasteiger partial charge in [0, 0.05) is 35.3 Å². The summed E-state index contributed by atoms with van der Waals surface area (Å²) in [5.74, 6) is -0.232. The SMILES string of the molecule is Cc1cc(-c2ncccc2C2=CN3C(=CNC3C=O)C=C2)ccc1F. The van der Waals surface area contributed by atoms with Crippen LogP contribution < -0.4 is 5.32 Å². The Morgan fingerprint density at radius 3 is 2.96 bits per heavy atom. The number of aromatic nitrogens is 1. The Kier molecular flexibility index (Phi) is 3.69. The number of carbonyl (C=O) groups is 1. The van der Waals surface area contributed by atoms with E-state index in [9.17, 15) is 9.18 Å². The summed E-state index contributed by atoms with van der Waals surface area (Å²) in [7, 11) is 0. The number of allylic oxidation sites excluding steroid dienone is 3. The van der Waals surface area contributed by atoms with Crippen LogP contribution >= 0.6 is 0 Å². The molecule has 2 aliphatic rings. The molecule has 0 radical (unpaired) electrons. The van der Waals surface area contributed by atoms with E-state index < -0.39 is 6.17 Å². The summed E-state index contributed by atoms with van der Waals surface area (Å²) in [5.41, 5.74) is 5.03. The van der Waals surface area contributed by atoms with Crippen LogP contribution in [-0.4, -0.2) is 22.3 Å². The summed E-state index contributed by atoms with van der Waals surface area (Å²) >= 11 is 0. The van der Waals surface area contributed by atoms with Gasteiger partial charge in [-0.3, -0.25) is 9.78 Å². The van der Waals surface area contributed by atoms with Gasteiger partial charge in [0.25, 0.3) is 0 Å². The Labute approximate surface area is 145 Å². The molecule has 4 rings (SSSR count). The first-order valence-electron chi connectivity index (χ1n) is 7.99. The van der Waals surface area contributed by atoms with E-state index in [-0.39, 0.29) is 5.82 Å². The van der Waals surface area contributed by atoms with Crippen LogP contribution in [0.15, 0.2) is 66.8 Å². The highest BCUT2D eigenvalue weighted by molar-refractivity contribution is 5.85. The number of aryl methyl sites for hydroxylation is 1. The van der Waals surface area contributed by atoms with Crippen molar-refractivity contribution in [2.24, 2.45) is 0 Å². The Morgan fingerprint density at radius 1 is 1.28 bits per heavy atom. The highest BCUT2D eigenvalue weighted by atomic mass is 19.1. The molecule has 4 nitrogen and oxygen atoms in total. The molecule has 0 fully saturated rings. The minimum Gasteiger partial charge on any atom is -0.363 e. The molecule has 5 heteroatoms. The van der Waals surface area contributed by atoms with Gasteiger partial charge in [0.1, 0.15) is 5.82 Å². The van der Waals surface area contributed by atoms with Crippen LogP contribution in [0.25, 0.3) is 16.8 Å². The van der Waals surface area contributed by atoms with Crippen molar-refractivity contribution < 1.29 is 9.18 Å². The first-order chi connectivity index (χ1) is 12.2. The number of rotatable bonds is 3. The van der Waals surface area contributed by atoms with Crippen LogP contribution in [0.2, 0.25) is 0 Å². The van der Waals surface area contributed by atoms with Gasteiger partial charge in [-0.25, -0.2) is 4.39 Å². The highest BCUT2D eigenvalue weighted by Crippen LogP contribution is 2.33. The van der Waals surface area contributed by atoms with Gasteiger partial charge < -0.3 is 10.2 Å². The second kappa shape index (κ2) is 6.02. The van der Waals surface area contributed by atoms with Gasteiger partial charge >= 0.3 is 0 Å². The molecule has 1 aromatic carbocycles. The van der Waals surface area contributed by atoms with Crippen LogP contribution in [-0.2, 0) is 4.79 Å². The lowest BCUT2D eigenvalue weighted by atomic mass is 9.97. The average molecular weight is 333 g/mol. The van der Waals surface area contributed by atoms with Gasteiger partial charge in [0.2, 0.25) is 0 Å². The summed E-state index contributed by atoms with van der Waals surface area (Å²) in [6, 6.07) is 8.84. The smallest absolute Gasteiger partial charge is 0.163 e. The van der Waals surface area contributed by atoms with E-state index in [0.29, 0.717) is 5.56 Å². The first-order valence-corrected chi connectivity index (χ1v) is 7.99.